The molecule has 0 saturated heterocycles. The molecular weight excluding hydrogens is 330 g/mol. The number of aliphatic imine (C=N–C) groups is 1. The Morgan fingerprint density at radius 3 is 3.08 bits per heavy atom. The molecule has 2 aromatic heterocycles. The van der Waals surface area contributed by atoms with E-state index < -0.39 is 0 Å². The summed E-state index contributed by atoms with van der Waals surface area (Å²) < 4.78 is 0. The first-order chi connectivity index (χ1) is 12.6. The molecular formula is C19H15N5O2. The molecule has 0 atom stereocenters. The summed E-state index contributed by atoms with van der Waals surface area (Å²) in [6, 6.07) is 3.53. The van der Waals surface area contributed by atoms with Gasteiger partial charge in [0.2, 0.25) is 0 Å². The Bertz CT molecular complexity index is 1060. The van der Waals surface area contributed by atoms with Crippen molar-refractivity contribution in [3.63, 3.8) is 0 Å². The van der Waals surface area contributed by atoms with E-state index >= 15 is 0 Å². The van der Waals surface area contributed by atoms with Crippen LogP contribution >= 0.6 is 0 Å². The summed E-state index contributed by atoms with van der Waals surface area (Å²) in [6.07, 6.45) is 11.4. The van der Waals surface area contributed by atoms with Gasteiger partial charge in [-0.05, 0) is 35.9 Å². The standard InChI is InChI=1S/C19H15N5O2/c1-12-6-17(23-18-4-2-3-5-24(12)18)19(26)21-10-13-7-16-15(20-9-13)8-14(11-25)22-16/h2-9,11,22H,1,10H2,(H,21,26). The van der Waals surface area contributed by atoms with Gasteiger partial charge in [-0.2, -0.15) is 0 Å². The van der Waals surface area contributed by atoms with Gasteiger partial charge in [-0.3, -0.25) is 14.6 Å². The maximum atomic E-state index is 12.4. The maximum absolute atomic E-state index is 12.4. The van der Waals surface area contributed by atoms with E-state index in [1.165, 1.54) is 0 Å². The molecule has 0 aliphatic carbocycles. The molecule has 2 aromatic rings. The number of allylic oxidation sites excluding steroid dienone is 3. The minimum Gasteiger partial charge on any atom is -0.351 e. The van der Waals surface area contributed by atoms with Crippen LogP contribution in [0.3, 0.4) is 0 Å². The number of rotatable bonds is 4. The van der Waals surface area contributed by atoms with Crippen LogP contribution in [0.15, 0.2) is 71.8 Å². The number of H-pyrrole nitrogens is 1. The second-order valence-electron chi connectivity index (χ2n) is 5.86. The van der Waals surface area contributed by atoms with Gasteiger partial charge in [0.1, 0.15) is 11.5 Å². The number of amidine groups is 1. The monoisotopic (exact) mass is 345 g/mol. The molecule has 2 aliphatic rings. The van der Waals surface area contributed by atoms with Gasteiger partial charge in [0.15, 0.2) is 6.29 Å². The molecule has 2 N–H and O–H groups in total. The second kappa shape index (κ2) is 6.29. The number of aromatic amines is 1. The zero-order valence-corrected chi connectivity index (χ0v) is 13.8. The number of carbonyl (C=O) groups is 2. The molecule has 4 heterocycles. The third kappa shape index (κ3) is 2.86. The third-order valence-corrected chi connectivity index (χ3v) is 4.05. The lowest BCUT2D eigenvalue weighted by Gasteiger charge is -2.26. The number of aromatic nitrogens is 2. The van der Waals surface area contributed by atoms with Gasteiger partial charge in [0.05, 0.1) is 16.7 Å². The number of nitrogens with one attached hydrogen (secondary N) is 2. The molecule has 128 valence electrons. The molecule has 0 bridgehead atoms. The Balaban J connectivity index is 1.48. The normalized spacial score (nSPS) is 15.5. The molecule has 7 heteroatoms. The van der Waals surface area contributed by atoms with E-state index in [9.17, 15) is 9.59 Å². The number of hydrogen-bond acceptors (Lipinski definition) is 5. The summed E-state index contributed by atoms with van der Waals surface area (Å²) >= 11 is 0. The number of amides is 1. The lowest BCUT2D eigenvalue weighted by Crippen LogP contribution is -2.31. The van der Waals surface area contributed by atoms with Crippen LogP contribution in [0.25, 0.3) is 11.0 Å². The van der Waals surface area contributed by atoms with Crippen LogP contribution in [-0.4, -0.2) is 32.9 Å². The molecule has 0 radical (unpaired) electrons. The van der Waals surface area contributed by atoms with Gasteiger partial charge in [0, 0.05) is 24.6 Å². The van der Waals surface area contributed by atoms with Crippen LogP contribution in [-0.2, 0) is 11.3 Å². The Labute approximate surface area is 149 Å². The van der Waals surface area contributed by atoms with Crippen molar-refractivity contribution in [1.29, 1.82) is 0 Å². The molecule has 0 spiro atoms. The van der Waals surface area contributed by atoms with Crippen LogP contribution in [0.5, 0.6) is 0 Å². The Hall–Kier alpha value is -3.74. The molecule has 7 nitrogen and oxygen atoms in total. The summed E-state index contributed by atoms with van der Waals surface area (Å²) in [5.74, 6) is 0.363. The second-order valence-corrected chi connectivity index (χ2v) is 5.86. The Morgan fingerprint density at radius 2 is 2.23 bits per heavy atom. The van der Waals surface area contributed by atoms with Crippen molar-refractivity contribution in [1.82, 2.24) is 20.2 Å². The van der Waals surface area contributed by atoms with E-state index in [1.807, 2.05) is 35.4 Å². The number of fused-ring (bicyclic) bond motifs is 2. The van der Waals surface area contributed by atoms with Crippen molar-refractivity contribution in [2.75, 3.05) is 0 Å². The number of carbonyl (C=O) groups excluding carboxylic acids is 2. The largest absolute Gasteiger partial charge is 0.351 e. The summed E-state index contributed by atoms with van der Waals surface area (Å²) in [7, 11) is 0. The number of hydrogen-bond donors (Lipinski definition) is 2. The molecule has 0 saturated carbocycles. The van der Waals surface area contributed by atoms with E-state index in [2.05, 4.69) is 26.9 Å². The van der Waals surface area contributed by atoms with Gasteiger partial charge in [-0.15, -0.1) is 0 Å². The van der Waals surface area contributed by atoms with Gasteiger partial charge in [-0.25, -0.2) is 4.99 Å². The predicted octanol–water partition coefficient (Wildman–Crippen LogP) is 2.19. The fourth-order valence-corrected chi connectivity index (χ4v) is 2.77. The van der Waals surface area contributed by atoms with Gasteiger partial charge >= 0.3 is 0 Å². The Morgan fingerprint density at radius 1 is 1.35 bits per heavy atom. The van der Waals surface area contributed by atoms with Crippen LogP contribution in [0.1, 0.15) is 16.1 Å². The number of pyridine rings is 1. The lowest BCUT2D eigenvalue weighted by molar-refractivity contribution is -0.117. The lowest BCUT2D eigenvalue weighted by atomic mass is 10.2. The third-order valence-electron chi connectivity index (χ3n) is 4.05. The number of nitrogens with zero attached hydrogens (tertiary/aromatic N) is 3. The van der Waals surface area contributed by atoms with Crippen molar-refractivity contribution < 1.29 is 9.59 Å². The first kappa shape index (κ1) is 15.8. The first-order valence-corrected chi connectivity index (χ1v) is 7.98. The topological polar surface area (TPSA) is 90.4 Å². The molecule has 26 heavy (non-hydrogen) atoms. The summed E-state index contributed by atoms with van der Waals surface area (Å²) in [4.78, 5) is 36.7. The minimum atomic E-state index is -0.290. The summed E-state index contributed by atoms with van der Waals surface area (Å²) in [6.45, 7) is 4.25. The SMILES string of the molecule is C=C1C=C(C(=O)NCc2cnc3cc(C=O)[nH]c3c2)N=C2C=CC=CN12. The average molecular weight is 345 g/mol. The van der Waals surface area contributed by atoms with Crippen LogP contribution < -0.4 is 5.32 Å². The van der Waals surface area contributed by atoms with Crippen molar-refractivity contribution in [3.8, 4) is 0 Å². The quantitative estimate of drug-likeness (QED) is 0.831. The highest BCUT2D eigenvalue weighted by atomic mass is 16.2. The molecule has 2 aliphatic heterocycles. The first-order valence-electron chi connectivity index (χ1n) is 7.98. The van der Waals surface area contributed by atoms with Crippen LogP contribution in [0, 0.1) is 0 Å². The van der Waals surface area contributed by atoms with Gasteiger partial charge in [0.25, 0.3) is 5.91 Å². The average Bonchev–Trinajstić information content (AvgIpc) is 3.08. The van der Waals surface area contributed by atoms with E-state index in [0.717, 1.165) is 17.4 Å². The van der Waals surface area contributed by atoms with Crippen molar-refractivity contribution in [2.45, 2.75) is 6.54 Å². The fraction of sp³-hybridized carbons (Fsp3) is 0.0526. The van der Waals surface area contributed by atoms with Crippen molar-refractivity contribution >= 4 is 29.1 Å². The van der Waals surface area contributed by atoms with E-state index in [-0.39, 0.29) is 5.91 Å². The predicted molar refractivity (Wildman–Crippen MR) is 98.1 cm³/mol. The van der Waals surface area contributed by atoms with Crippen molar-refractivity contribution in [2.24, 2.45) is 4.99 Å². The smallest absolute Gasteiger partial charge is 0.270 e. The zero-order valence-electron chi connectivity index (χ0n) is 13.8. The molecule has 0 fully saturated rings. The van der Waals surface area contributed by atoms with Gasteiger partial charge in [-0.1, -0.05) is 12.7 Å². The van der Waals surface area contributed by atoms with Crippen LogP contribution in [0.2, 0.25) is 0 Å². The highest BCUT2D eigenvalue weighted by Gasteiger charge is 2.20. The van der Waals surface area contributed by atoms with Gasteiger partial charge < -0.3 is 15.2 Å². The fourth-order valence-electron chi connectivity index (χ4n) is 2.77. The Kier molecular flexibility index (Phi) is 3.81. The van der Waals surface area contributed by atoms with E-state index in [0.29, 0.717) is 35.0 Å². The highest BCUT2D eigenvalue weighted by molar-refractivity contribution is 6.04. The van der Waals surface area contributed by atoms with E-state index in [4.69, 9.17) is 0 Å². The molecule has 1 amide bonds. The molecule has 4 rings (SSSR count). The summed E-state index contributed by atoms with van der Waals surface area (Å²) in [5.41, 5.74) is 3.72. The maximum Gasteiger partial charge on any atom is 0.270 e. The molecule has 0 aromatic carbocycles. The van der Waals surface area contributed by atoms with Crippen LogP contribution in [0.4, 0.5) is 0 Å². The number of aldehydes is 1. The van der Waals surface area contributed by atoms with Crippen molar-refractivity contribution in [3.05, 3.63) is 78.1 Å². The molecule has 0 unspecified atom stereocenters. The zero-order chi connectivity index (χ0) is 18.1. The summed E-state index contributed by atoms with van der Waals surface area (Å²) in [5, 5.41) is 2.83. The minimum absolute atomic E-state index is 0.290. The highest BCUT2D eigenvalue weighted by Crippen LogP contribution is 2.20. The van der Waals surface area contributed by atoms with E-state index in [1.54, 1.807) is 18.3 Å².